The molecule has 4 aliphatic heterocycles. The SMILES string of the molecule is C1=CSC(=C2SC=CS2)S1.COc1cccc2c1C(=O)c1c(O)c3c(c(O)c1C2=O)C[C@@](O)(C(=O)CO)C[C@@H]3O[C@H]1C[C@H](N)[C@H](O)[C@H](C)O1.COc1cccc2c1C(=O)c1c(O)c3c(c(O)c1C2=O)C[C@@](O)(C(C)=O)C[C@@H]3O[C@H]1C[C@H](N)[C@H](O)[C@H](C)O1.Nc1cc2c(cc1Cl)C(=O)C=CC2=O.Nc1cccc2c1ccc1ccccc12.O=c1ccc2cc3ccoc3cc2o1. The van der Waals surface area contributed by atoms with Crippen molar-refractivity contribution < 1.29 is 122 Å². The van der Waals surface area contributed by atoms with Crippen LogP contribution in [0.5, 0.6) is 34.5 Å². The number of nitrogens with two attached hydrogens (primary N) is 4. The van der Waals surface area contributed by atoms with Crippen molar-refractivity contribution in [1.82, 2.24) is 0 Å². The van der Waals surface area contributed by atoms with Gasteiger partial charge in [-0.05, 0) is 119 Å². The van der Waals surface area contributed by atoms with Crippen molar-refractivity contribution in [3.63, 3.8) is 0 Å². The van der Waals surface area contributed by atoms with Crippen LogP contribution in [0.15, 0.2) is 196 Å². The summed E-state index contributed by atoms with van der Waals surface area (Å²) >= 11 is 13.0. The number of hydrogen-bond donors (Lipinski definition) is 13. The summed E-state index contributed by atoms with van der Waals surface area (Å²) < 4.78 is 47.1. The molecule has 9 aromatic carbocycles. The summed E-state index contributed by atoms with van der Waals surface area (Å²) in [4.78, 5) is 113. The summed E-state index contributed by atoms with van der Waals surface area (Å²) in [6.07, 6.45) is -5.57. The molecule has 0 amide bonds. The molecule has 0 bridgehead atoms. The lowest BCUT2D eigenvalue weighted by molar-refractivity contribution is -0.247. The number of ketones is 8. The number of thioether (sulfide) groups is 4. The van der Waals surface area contributed by atoms with E-state index in [2.05, 4.69) is 64.1 Å². The molecule has 2 saturated heterocycles. The van der Waals surface area contributed by atoms with Gasteiger partial charge in [-0.2, -0.15) is 0 Å². The highest BCUT2D eigenvalue weighted by atomic mass is 35.5. The summed E-state index contributed by atoms with van der Waals surface area (Å²) in [6, 6.07) is 37.6. The standard InChI is InChI=1S/C27H29NO11.C27H29NO10.C14H11N.C11H6O3.C10H6ClNO2.C6H4S4/c1-10-22(31)13(28)6-17(38-10)39-15-8-27(36,16(30)9-29)7-12-19(15)26(35)21-20(24(12)33)23(32)11-4-3-5-14(37-2)18(11)25(21)34;1-10-22(30)14(28)7-17(37-10)38-16-9-27(35,11(2)29)8-13-19(16)26(34)21-20(24(13)32)23(31)12-5-4-6-15(36-3)18(12)25(21)33;15-14-7-3-6-12-11-5-2-1-4-10(11)8-9-13(12)14;12-11-2-1-7-5-8-3-4-13-9(8)6-10(7)14-11;11-7-3-5-6(4-8(7)12)10(14)2-1-9(5)13;1-2-8-5(7-1)6-9-3-4-10-6/h3-5,10,13,15,17,22,29,31,33,35-36H,6-9,28H2,1-2H3;4-6,10,14,16-17,22,30,32,34-35H,7-9,28H2,1-3H3;1-9H,15H2;1-6H;1-4H,12H2;1-4H/t10-,13-,15-,17-,22+,27-;10-,14-,16-,17-,22+,27-;;;;/m00..../s1. The number of carbonyl (C=O) groups excluding carboxylic acids is 8. The molecule has 17 N–H and O–H groups in total. The fourth-order valence-electron chi connectivity index (χ4n) is 16.9. The van der Waals surface area contributed by atoms with Crippen molar-refractivity contribution in [1.29, 1.82) is 0 Å². The number of ether oxygens (including phenoxy) is 6. The average molecular weight is 1860 g/mol. The van der Waals surface area contributed by atoms with Crippen LogP contribution >= 0.6 is 58.6 Å². The van der Waals surface area contributed by atoms with Crippen LogP contribution in [-0.4, -0.2) is 173 Å². The Morgan fingerprint density at radius 1 is 0.508 bits per heavy atom. The number of phenols is 4. The van der Waals surface area contributed by atoms with Crippen molar-refractivity contribution in [2.24, 2.45) is 11.5 Å². The van der Waals surface area contributed by atoms with Crippen LogP contribution in [0.3, 0.4) is 0 Å². The first-order valence-electron chi connectivity index (χ1n) is 40.5. The van der Waals surface area contributed by atoms with Gasteiger partial charge < -0.3 is 106 Å². The Morgan fingerprint density at radius 3 is 1.48 bits per heavy atom. The van der Waals surface area contributed by atoms with E-state index < -0.39 is 178 Å². The fraction of sp³-hybridized carbons (Fsp3) is 0.253. The minimum Gasteiger partial charge on any atom is -0.507 e. The Bertz CT molecular complexity index is 6610. The number of nitrogen functional groups attached to an aromatic ring is 2. The summed E-state index contributed by atoms with van der Waals surface area (Å²) in [6.45, 7) is 3.35. The van der Waals surface area contributed by atoms with E-state index in [1.807, 2.05) is 71.3 Å². The molecule has 2 fully saturated rings. The average Bonchev–Trinajstić information content (AvgIpc) is 0.821. The molecule has 9 aliphatic rings. The van der Waals surface area contributed by atoms with Gasteiger partial charge in [0.05, 0.1) is 110 Å². The molecule has 130 heavy (non-hydrogen) atoms. The van der Waals surface area contributed by atoms with Crippen molar-refractivity contribution in [3.05, 3.63) is 275 Å². The van der Waals surface area contributed by atoms with Gasteiger partial charge in [0.25, 0.3) is 0 Å². The van der Waals surface area contributed by atoms with Gasteiger partial charge in [0.15, 0.2) is 47.3 Å². The number of phenolic OH excluding ortho intramolecular Hbond substituents is 4. The number of Topliss-reactive ketones (excluding diaryl/α,β-unsaturated/α-hetero) is 2. The number of furan rings is 1. The molecular weight excluding hydrogens is 1780 g/mol. The lowest BCUT2D eigenvalue weighted by atomic mass is 9.72. The Hall–Kier alpha value is -11.8. The first-order valence-corrected chi connectivity index (χ1v) is 44.4. The first kappa shape index (κ1) is 92.9. The van der Waals surface area contributed by atoms with Gasteiger partial charge in [0.2, 0.25) is 11.6 Å². The molecule has 11 aromatic rings. The molecule has 0 radical (unpaired) electrons. The van der Waals surface area contributed by atoms with E-state index in [9.17, 15) is 89.1 Å². The summed E-state index contributed by atoms with van der Waals surface area (Å²) in [5, 5.41) is 113. The first-order chi connectivity index (χ1) is 62.1. The van der Waals surface area contributed by atoms with Crippen molar-refractivity contribution in [2.75, 3.05) is 32.3 Å². The van der Waals surface area contributed by atoms with Crippen LogP contribution < -0.4 is 38.0 Å². The number of methoxy groups -OCH3 is 2. The maximum atomic E-state index is 13.6. The maximum Gasteiger partial charge on any atom is 0.336 e. The fourth-order valence-corrected chi connectivity index (χ4v) is 21.1. The number of aliphatic hydroxyl groups is 5. The lowest BCUT2D eigenvalue weighted by Gasteiger charge is -2.42. The van der Waals surface area contributed by atoms with Gasteiger partial charge in [0.1, 0.15) is 63.5 Å². The minimum absolute atomic E-state index is 0.0147. The van der Waals surface area contributed by atoms with Crippen LogP contribution in [-0.2, 0) is 41.4 Å². The molecule has 5 aliphatic carbocycles. The molecule has 0 unspecified atom stereocenters. The normalized spacial score (nSPS) is 23.6. The van der Waals surface area contributed by atoms with E-state index in [-0.39, 0.29) is 92.5 Å². The molecule has 20 rings (SSSR count). The van der Waals surface area contributed by atoms with Gasteiger partial charge in [-0.15, -0.1) is 0 Å². The molecule has 35 heteroatoms. The molecular formula is C95H85ClN4O26S4. The highest BCUT2D eigenvalue weighted by Crippen LogP contribution is 2.56. The Morgan fingerprint density at radius 2 is 0.977 bits per heavy atom. The van der Waals surface area contributed by atoms with Crippen molar-refractivity contribution >= 4 is 160 Å². The van der Waals surface area contributed by atoms with Crippen molar-refractivity contribution in [3.8, 4) is 34.5 Å². The van der Waals surface area contributed by atoms with Crippen molar-refractivity contribution in [2.45, 2.75) is 132 Å². The Kier molecular flexibility index (Phi) is 27.1. The molecule has 672 valence electrons. The zero-order valence-corrected chi connectivity index (χ0v) is 73.8. The van der Waals surface area contributed by atoms with Gasteiger partial charge in [0, 0.05) is 129 Å². The predicted molar refractivity (Wildman–Crippen MR) is 490 cm³/mol. The zero-order valence-electron chi connectivity index (χ0n) is 69.8. The molecule has 0 saturated carbocycles. The van der Waals surface area contributed by atoms with E-state index in [0.29, 0.717) is 27.4 Å². The second-order valence-electron chi connectivity index (χ2n) is 31.7. The number of carbonyl (C=O) groups is 8. The van der Waals surface area contributed by atoms with E-state index in [1.54, 1.807) is 32.2 Å². The third-order valence-electron chi connectivity index (χ3n) is 23.6. The van der Waals surface area contributed by atoms with Crippen LogP contribution in [0.2, 0.25) is 5.02 Å². The number of aliphatic hydroxyl groups excluding tert-OH is 3. The number of benzene rings is 9. The van der Waals surface area contributed by atoms with Gasteiger partial charge in [-0.3, -0.25) is 38.4 Å². The zero-order chi connectivity index (χ0) is 93.0. The number of halogens is 1. The molecule has 30 nitrogen and oxygen atoms in total. The topological polar surface area (TPSA) is 521 Å². The Labute approximate surface area is 761 Å². The van der Waals surface area contributed by atoms with Gasteiger partial charge in [-0.1, -0.05) is 131 Å². The third-order valence-corrected chi connectivity index (χ3v) is 28.8. The number of allylic oxidation sites excluding steroid dienone is 2. The van der Waals surface area contributed by atoms with Crippen LogP contribution in [0.1, 0.15) is 165 Å². The third kappa shape index (κ3) is 17.8. The summed E-state index contributed by atoms with van der Waals surface area (Å²) in [7, 11) is 2.66. The smallest absolute Gasteiger partial charge is 0.336 e. The monoisotopic (exact) mass is 1860 g/mol. The summed E-state index contributed by atoms with van der Waals surface area (Å²) in [5.74, 6) is -7.39. The lowest BCUT2D eigenvalue weighted by Crippen LogP contribution is -2.53. The highest BCUT2D eigenvalue weighted by molar-refractivity contribution is 8.33. The predicted octanol–water partition coefficient (Wildman–Crippen LogP) is 13.0. The summed E-state index contributed by atoms with van der Waals surface area (Å²) in [5.41, 5.74) is 19.6. The van der Waals surface area contributed by atoms with E-state index in [0.717, 1.165) is 27.4 Å². The number of aromatic hydroxyl groups is 4. The quantitative estimate of drug-likeness (QED) is 0.0276. The van der Waals surface area contributed by atoms with Crippen LogP contribution in [0, 0.1) is 0 Å². The molecule has 12 atom stereocenters. The van der Waals surface area contributed by atoms with E-state index in [4.69, 9.17) is 71.8 Å². The molecule has 6 heterocycles. The molecule has 0 spiro atoms. The second kappa shape index (κ2) is 38.0. The Balaban J connectivity index is 0.000000129. The number of rotatable bonds is 9. The molecule has 2 aromatic heterocycles. The van der Waals surface area contributed by atoms with Gasteiger partial charge in [-0.25, -0.2) is 4.79 Å². The minimum atomic E-state index is -2.24. The second-order valence-corrected chi connectivity index (χ2v) is 36.3. The maximum absolute atomic E-state index is 13.6. The van der Waals surface area contributed by atoms with Crippen LogP contribution in [0.25, 0.3) is 43.5 Å². The van der Waals surface area contributed by atoms with Crippen LogP contribution in [0.4, 0.5) is 11.4 Å². The number of anilines is 2. The van der Waals surface area contributed by atoms with Gasteiger partial charge >= 0.3 is 5.63 Å². The largest absolute Gasteiger partial charge is 0.507 e. The van der Waals surface area contributed by atoms with E-state index >= 15 is 0 Å². The van der Waals surface area contributed by atoms with E-state index in [1.165, 1.54) is 113 Å². The highest BCUT2D eigenvalue weighted by Gasteiger charge is 2.53. The number of fused-ring (bicyclic) bond motifs is 12. The number of hydrogen-bond acceptors (Lipinski definition) is 34.